The normalized spacial score (nSPS) is 22.9. The smallest absolute Gasteiger partial charge is 0.271 e. The Bertz CT molecular complexity index is 569. The van der Waals surface area contributed by atoms with Crippen LogP contribution in [0.15, 0.2) is 24.7 Å². The molecule has 0 radical (unpaired) electrons. The predicted molar refractivity (Wildman–Crippen MR) is 73.3 cm³/mol. The third kappa shape index (κ3) is 2.65. The standard InChI is InChI=1S/C14H18N4O2/c19-9-10-2-4-11(5-3-10)16-13(20)12-8-18-7-1-6-15-14(18)17-12/h1,6-8,10-11,19H,2-5,9H2,(H,16,20). The van der Waals surface area contributed by atoms with Crippen LogP contribution in [0.25, 0.3) is 5.78 Å². The van der Waals surface area contributed by atoms with Crippen LogP contribution in [0.4, 0.5) is 0 Å². The third-order valence-electron chi connectivity index (χ3n) is 3.91. The maximum atomic E-state index is 12.2. The highest BCUT2D eigenvalue weighted by Gasteiger charge is 2.23. The summed E-state index contributed by atoms with van der Waals surface area (Å²) in [4.78, 5) is 20.5. The summed E-state index contributed by atoms with van der Waals surface area (Å²) in [5.74, 6) is 0.770. The topological polar surface area (TPSA) is 79.5 Å². The average molecular weight is 274 g/mol. The van der Waals surface area contributed by atoms with Gasteiger partial charge in [-0.25, -0.2) is 9.97 Å². The van der Waals surface area contributed by atoms with E-state index in [1.807, 2.05) is 6.20 Å². The fraction of sp³-hybridized carbons (Fsp3) is 0.500. The lowest BCUT2D eigenvalue weighted by Gasteiger charge is -2.27. The van der Waals surface area contributed by atoms with Gasteiger partial charge in [0.15, 0.2) is 0 Å². The maximum absolute atomic E-state index is 12.2. The van der Waals surface area contributed by atoms with E-state index in [0.29, 0.717) is 17.4 Å². The molecule has 0 saturated heterocycles. The molecule has 6 heteroatoms. The van der Waals surface area contributed by atoms with Crippen molar-refractivity contribution in [2.45, 2.75) is 31.7 Å². The van der Waals surface area contributed by atoms with E-state index in [9.17, 15) is 4.79 Å². The maximum Gasteiger partial charge on any atom is 0.271 e. The van der Waals surface area contributed by atoms with E-state index in [4.69, 9.17) is 5.11 Å². The molecule has 0 atom stereocenters. The number of amides is 1. The second-order valence-electron chi connectivity index (χ2n) is 5.33. The lowest BCUT2D eigenvalue weighted by molar-refractivity contribution is 0.0909. The molecule has 3 rings (SSSR count). The molecule has 1 aliphatic rings. The zero-order valence-electron chi connectivity index (χ0n) is 11.2. The number of hydrogen-bond acceptors (Lipinski definition) is 4. The Morgan fingerprint density at radius 3 is 2.90 bits per heavy atom. The van der Waals surface area contributed by atoms with Gasteiger partial charge in [0.05, 0.1) is 0 Å². The van der Waals surface area contributed by atoms with Gasteiger partial charge in [-0.05, 0) is 37.7 Å². The molecule has 2 N–H and O–H groups in total. The third-order valence-corrected chi connectivity index (χ3v) is 3.91. The zero-order chi connectivity index (χ0) is 13.9. The molecule has 0 aromatic carbocycles. The number of carbonyl (C=O) groups excluding carboxylic acids is 1. The number of hydrogen-bond donors (Lipinski definition) is 2. The van der Waals surface area contributed by atoms with Crippen molar-refractivity contribution in [2.75, 3.05) is 6.61 Å². The van der Waals surface area contributed by atoms with Gasteiger partial charge in [0.1, 0.15) is 5.69 Å². The Kier molecular flexibility index (Phi) is 3.64. The highest BCUT2D eigenvalue weighted by Crippen LogP contribution is 2.23. The summed E-state index contributed by atoms with van der Waals surface area (Å²) in [7, 11) is 0. The first kappa shape index (κ1) is 13.1. The minimum atomic E-state index is -0.150. The predicted octanol–water partition coefficient (Wildman–Crippen LogP) is 1.01. The number of rotatable bonds is 3. The van der Waals surface area contributed by atoms with E-state index in [0.717, 1.165) is 25.7 Å². The van der Waals surface area contributed by atoms with Gasteiger partial charge in [-0.1, -0.05) is 0 Å². The fourth-order valence-corrected chi connectivity index (χ4v) is 2.69. The quantitative estimate of drug-likeness (QED) is 0.875. The monoisotopic (exact) mass is 274 g/mol. The van der Waals surface area contributed by atoms with Crippen molar-refractivity contribution in [2.24, 2.45) is 5.92 Å². The molecule has 20 heavy (non-hydrogen) atoms. The molecule has 0 aliphatic heterocycles. The molecule has 106 valence electrons. The minimum Gasteiger partial charge on any atom is -0.396 e. The fourth-order valence-electron chi connectivity index (χ4n) is 2.69. The summed E-state index contributed by atoms with van der Waals surface area (Å²) in [6, 6.07) is 1.98. The van der Waals surface area contributed by atoms with E-state index >= 15 is 0 Å². The van der Waals surface area contributed by atoms with Crippen molar-refractivity contribution in [1.29, 1.82) is 0 Å². The lowest BCUT2D eigenvalue weighted by Crippen LogP contribution is -2.38. The average Bonchev–Trinajstić information content (AvgIpc) is 2.92. The van der Waals surface area contributed by atoms with E-state index < -0.39 is 0 Å². The van der Waals surface area contributed by atoms with Crippen molar-refractivity contribution < 1.29 is 9.90 Å². The summed E-state index contributed by atoms with van der Waals surface area (Å²) in [5.41, 5.74) is 0.396. The van der Waals surface area contributed by atoms with Crippen LogP contribution in [-0.4, -0.2) is 38.0 Å². The first-order valence-electron chi connectivity index (χ1n) is 6.97. The number of fused-ring (bicyclic) bond motifs is 1. The number of carbonyl (C=O) groups is 1. The van der Waals surface area contributed by atoms with Crippen LogP contribution in [0.5, 0.6) is 0 Å². The van der Waals surface area contributed by atoms with Crippen molar-refractivity contribution in [3.05, 3.63) is 30.4 Å². The molecule has 1 amide bonds. The summed E-state index contributed by atoms with van der Waals surface area (Å²) in [6.45, 7) is 0.249. The van der Waals surface area contributed by atoms with E-state index in [2.05, 4.69) is 15.3 Å². The van der Waals surface area contributed by atoms with Crippen LogP contribution in [-0.2, 0) is 0 Å². The first-order chi connectivity index (χ1) is 9.76. The number of nitrogens with zero attached hydrogens (tertiary/aromatic N) is 3. The number of aromatic nitrogens is 3. The summed E-state index contributed by atoms with van der Waals surface area (Å²) < 4.78 is 1.73. The molecule has 0 spiro atoms. The second kappa shape index (κ2) is 5.58. The Balaban J connectivity index is 1.64. The van der Waals surface area contributed by atoms with Crippen molar-refractivity contribution in [3.63, 3.8) is 0 Å². The Hall–Kier alpha value is -1.95. The highest BCUT2D eigenvalue weighted by molar-refractivity contribution is 5.92. The molecule has 2 aromatic heterocycles. The number of imidazole rings is 1. The van der Waals surface area contributed by atoms with Crippen LogP contribution in [0.1, 0.15) is 36.2 Å². The van der Waals surface area contributed by atoms with Crippen LogP contribution in [0.3, 0.4) is 0 Å². The van der Waals surface area contributed by atoms with Crippen LogP contribution < -0.4 is 5.32 Å². The zero-order valence-corrected chi connectivity index (χ0v) is 11.2. The molecule has 6 nitrogen and oxygen atoms in total. The van der Waals surface area contributed by atoms with Gasteiger partial charge in [0.2, 0.25) is 5.78 Å². The first-order valence-corrected chi connectivity index (χ1v) is 6.97. The largest absolute Gasteiger partial charge is 0.396 e. The van der Waals surface area contributed by atoms with Gasteiger partial charge in [-0.2, -0.15) is 0 Å². The molecule has 2 heterocycles. The summed E-state index contributed by atoms with van der Waals surface area (Å²) in [6.07, 6.45) is 8.93. The van der Waals surface area contributed by atoms with Gasteiger partial charge in [0.25, 0.3) is 5.91 Å². The van der Waals surface area contributed by atoms with E-state index in [1.165, 1.54) is 0 Å². The van der Waals surface area contributed by atoms with Gasteiger partial charge in [0, 0.05) is 31.2 Å². The van der Waals surface area contributed by atoms with Gasteiger partial charge >= 0.3 is 0 Å². The molecule has 2 aromatic rings. The molecule has 1 fully saturated rings. The lowest BCUT2D eigenvalue weighted by atomic mass is 9.86. The van der Waals surface area contributed by atoms with Crippen molar-refractivity contribution in [3.8, 4) is 0 Å². The molecule has 0 unspecified atom stereocenters. The SMILES string of the molecule is O=C(NC1CCC(CO)CC1)c1cn2cccnc2n1. The Morgan fingerprint density at radius 1 is 1.40 bits per heavy atom. The number of nitrogens with one attached hydrogen (secondary N) is 1. The van der Waals surface area contributed by atoms with Crippen LogP contribution in [0, 0.1) is 5.92 Å². The van der Waals surface area contributed by atoms with Gasteiger partial charge in [-0.15, -0.1) is 0 Å². The van der Waals surface area contributed by atoms with E-state index in [1.54, 1.807) is 22.9 Å². The Morgan fingerprint density at radius 2 is 2.20 bits per heavy atom. The van der Waals surface area contributed by atoms with Crippen LogP contribution in [0.2, 0.25) is 0 Å². The molecule has 1 aliphatic carbocycles. The summed E-state index contributed by atoms with van der Waals surface area (Å²) >= 11 is 0. The van der Waals surface area contributed by atoms with Crippen molar-refractivity contribution >= 4 is 11.7 Å². The van der Waals surface area contributed by atoms with Crippen LogP contribution >= 0.6 is 0 Å². The molecule has 1 saturated carbocycles. The van der Waals surface area contributed by atoms with Crippen molar-refractivity contribution in [1.82, 2.24) is 19.7 Å². The second-order valence-corrected chi connectivity index (χ2v) is 5.33. The van der Waals surface area contributed by atoms with Gasteiger partial charge in [-0.3, -0.25) is 9.20 Å². The molecular weight excluding hydrogens is 256 g/mol. The summed E-state index contributed by atoms with van der Waals surface area (Å²) in [5, 5.41) is 12.1. The van der Waals surface area contributed by atoms with E-state index in [-0.39, 0.29) is 18.6 Å². The number of aliphatic hydroxyl groups excluding tert-OH is 1. The Labute approximate surface area is 116 Å². The molecule has 0 bridgehead atoms. The van der Waals surface area contributed by atoms with Gasteiger partial charge < -0.3 is 10.4 Å². The highest BCUT2D eigenvalue weighted by atomic mass is 16.3. The minimum absolute atomic E-state index is 0.150. The number of aliphatic hydroxyl groups is 1. The molecular formula is C14H18N4O2.